The normalized spacial score (nSPS) is 9.83. The van der Waals surface area contributed by atoms with Gasteiger partial charge in [-0.15, -0.1) is 0 Å². The van der Waals surface area contributed by atoms with E-state index >= 15 is 0 Å². The Labute approximate surface area is 67.3 Å². The minimum Gasteiger partial charge on any atom is -0.504 e. The quantitative estimate of drug-likeness (QED) is 0.614. The second-order valence-electron chi connectivity index (χ2n) is 2.21. The number of carbonyl (C=O) groups excluding carboxylic acids is 1. The van der Waals surface area contributed by atoms with Crippen LogP contribution in [0.1, 0.15) is 17.3 Å². The Morgan fingerprint density at radius 2 is 2.17 bits per heavy atom. The SMILES string of the molecule is CC(=O)c1c(O)ncc(F)c1O. The van der Waals surface area contributed by atoms with E-state index in [4.69, 9.17) is 10.2 Å². The van der Waals surface area contributed by atoms with Gasteiger partial charge in [-0.05, 0) is 6.92 Å². The first-order chi connectivity index (χ1) is 5.54. The average molecular weight is 171 g/mol. The number of pyridine rings is 1. The second kappa shape index (κ2) is 2.77. The van der Waals surface area contributed by atoms with E-state index in [-0.39, 0.29) is 0 Å². The van der Waals surface area contributed by atoms with Crippen molar-refractivity contribution in [3.8, 4) is 11.6 Å². The van der Waals surface area contributed by atoms with E-state index in [1.54, 1.807) is 0 Å². The summed E-state index contributed by atoms with van der Waals surface area (Å²) in [7, 11) is 0. The molecule has 0 aliphatic rings. The number of rotatable bonds is 1. The van der Waals surface area contributed by atoms with Gasteiger partial charge >= 0.3 is 0 Å². The first-order valence-corrected chi connectivity index (χ1v) is 3.11. The van der Waals surface area contributed by atoms with Gasteiger partial charge in [0.1, 0.15) is 5.56 Å². The summed E-state index contributed by atoms with van der Waals surface area (Å²) in [5, 5.41) is 17.9. The highest BCUT2D eigenvalue weighted by molar-refractivity contribution is 5.98. The van der Waals surface area contributed by atoms with Crippen LogP contribution in [0.15, 0.2) is 6.20 Å². The zero-order chi connectivity index (χ0) is 9.30. The smallest absolute Gasteiger partial charge is 0.225 e. The van der Waals surface area contributed by atoms with Crippen LogP contribution in [0.4, 0.5) is 4.39 Å². The predicted octanol–water partition coefficient (Wildman–Crippen LogP) is 0.834. The maximum absolute atomic E-state index is 12.5. The molecule has 0 fully saturated rings. The molecule has 0 saturated heterocycles. The van der Waals surface area contributed by atoms with Crippen LogP contribution in [0.25, 0.3) is 0 Å². The van der Waals surface area contributed by atoms with Gasteiger partial charge in [0.2, 0.25) is 5.88 Å². The fourth-order valence-corrected chi connectivity index (χ4v) is 0.793. The van der Waals surface area contributed by atoms with E-state index in [1.165, 1.54) is 0 Å². The fourth-order valence-electron chi connectivity index (χ4n) is 0.793. The lowest BCUT2D eigenvalue weighted by Crippen LogP contribution is -1.97. The summed E-state index contributed by atoms with van der Waals surface area (Å²) in [6.45, 7) is 1.09. The predicted molar refractivity (Wildman–Crippen MR) is 37.5 cm³/mol. The van der Waals surface area contributed by atoms with Crippen LogP contribution >= 0.6 is 0 Å². The number of hydrogen-bond acceptors (Lipinski definition) is 4. The van der Waals surface area contributed by atoms with Crippen molar-refractivity contribution < 1.29 is 19.4 Å². The molecule has 1 aromatic heterocycles. The van der Waals surface area contributed by atoms with Gasteiger partial charge < -0.3 is 10.2 Å². The second-order valence-corrected chi connectivity index (χ2v) is 2.21. The van der Waals surface area contributed by atoms with E-state index in [1.807, 2.05) is 0 Å². The van der Waals surface area contributed by atoms with Gasteiger partial charge in [0.15, 0.2) is 17.3 Å². The lowest BCUT2D eigenvalue weighted by Gasteiger charge is -2.01. The third-order valence-corrected chi connectivity index (χ3v) is 1.34. The van der Waals surface area contributed by atoms with Gasteiger partial charge in [-0.2, -0.15) is 0 Å². The monoisotopic (exact) mass is 171 g/mol. The van der Waals surface area contributed by atoms with Crippen LogP contribution in [-0.2, 0) is 0 Å². The molecule has 0 bridgehead atoms. The van der Waals surface area contributed by atoms with Crippen molar-refractivity contribution in [3.63, 3.8) is 0 Å². The number of hydrogen-bond donors (Lipinski definition) is 2. The summed E-state index contributed by atoms with van der Waals surface area (Å²) >= 11 is 0. The van der Waals surface area contributed by atoms with Gasteiger partial charge in [0.25, 0.3) is 0 Å². The molecule has 2 N–H and O–H groups in total. The molecule has 64 valence electrons. The highest BCUT2D eigenvalue weighted by atomic mass is 19.1. The van der Waals surface area contributed by atoms with E-state index in [9.17, 15) is 9.18 Å². The third-order valence-electron chi connectivity index (χ3n) is 1.34. The first kappa shape index (κ1) is 8.45. The molecule has 12 heavy (non-hydrogen) atoms. The van der Waals surface area contributed by atoms with Gasteiger partial charge in [0.05, 0.1) is 6.20 Å². The van der Waals surface area contributed by atoms with Crippen LogP contribution in [0, 0.1) is 5.82 Å². The van der Waals surface area contributed by atoms with E-state index in [0.717, 1.165) is 6.92 Å². The third kappa shape index (κ3) is 1.20. The summed E-state index contributed by atoms with van der Waals surface area (Å²) in [6.07, 6.45) is 0.636. The summed E-state index contributed by atoms with van der Waals surface area (Å²) in [5.41, 5.74) is -0.491. The molecule has 0 aliphatic carbocycles. The van der Waals surface area contributed by atoms with Crippen LogP contribution in [0.2, 0.25) is 0 Å². The summed E-state index contributed by atoms with van der Waals surface area (Å²) < 4.78 is 12.5. The van der Waals surface area contributed by atoms with E-state index in [0.29, 0.717) is 6.20 Å². The molecule has 5 heteroatoms. The summed E-state index contributed by atoms with van der Waals surface area (Å²) in [6, 6.07) is 0. The standard InChI is InChI=1S/C7H6FNO3/c1-3(10)5-6(11)4(8)2-9-7(5)12/h2H,1H3,(H2,9,11,12). The molecule has 0 aliphatic heterocycles. The molecule has 0 unspecified atom stereocenters. The molecule has 1 rings (SSSR count). The van der Waals surface area contributed by atoms with Gasteiger partial charge in [-0.3, -0.25) is 4.79 Å². The zero-order valence-electron chi connectivity index (χ0n) is 6.21. The molecule has 0 radical (unpaired) electrons. The first-order valence-electron chi connectivity index (χ1n) is 3.11. The summed E-state index contributed by atoms with van der Waals surface area (Å²) in [4.78, 5) is 13.9. The zero-order valence-corrected chi connectivity index (χ0v) is 6.21. The van der Waals surface area contributed by atoms with Crippen LogP contribution in [0.5, 0.6) is 11.6 Å². The van der Waals surface area contributed by atoms with Crippen molar-refractivity contribution >= 4 is 5.78 Å². The Hall–Kier alpha value is -1.65. The van der Waals surface area contributed by atoms with Crippen molar-refractivity contribution in [1.29, 1.82) is 0 Å². The van der Waals surface area contributed by atoms with Crippen LogP contribution in [-0.4, -0.2) is 21.0 Å². The number of carbonyl (C=O) groups is 1. The maximum Gasteiger partial charge on any atom is 0.225 e. The van der Waals surface area contributed by atoms with Crippen molar-refractivity contribution in [3.05, 3.63) is 17.6 Å². The molecule has 0 saturated carbocycles. The lowest BCUT2D eigenvalue weighted by molar-refractivity contribution is 0.101. The minimum absolute atomic E-state index is 0.491. The highest BCUT2D eigenvalue weighted by Crippen LogP contribution is 2.26. The molecule has 0 amide bonds. The van der Waals surface area contributed by atoms with Crippen molar-refractivity contribution in [1.82, 2.24) is 4.98 Å². The van der Waals surface area contributed by atoms with E-state index < -0.39 is 28.8 Å². The minimum atomic E-state index is -1.03. The average Bonchev–Trinajstić information content (AvgIpc) is 1.97. The molecule has 1 aromatic rings. The van der Waals surface area contributed by atoms with Gasteiger partial charge in [-0.1, -0.05) is 0 Å². The Kier molecular flexibility index (Phi) is 1.95. The number of aromatic nitrogens is 1. The van der Waals surface area contributed by atoms with Crippen LogP contribution < -0.4 is 0 Å². The number of aromatic hydroxyl groups is 2. The van der Waals surface area contributed by atoms with Gasteiger partial charge in [-0.25, -0.2) is 9.37 Å². The Balaban J connectivity index is 3.43. The Morgan fingerprint density at radius 1 is 1.58 bits per heavy atom. The van der Waals surface area contributed by atoms with Crippen molar-refractivity contribution in [2.24, 2.45) is 0 Å². The lowest BCUT2D eigenvalue weighted by atomic mass is 10.2. The number of ketones is 1. The summed E-state index contributed by atoms with van der Waals surface area (Å²) in [5.74, 6) is -3.20. The topological polar surface area (TPSA) is 70.4 Å². The highest BCUT2D eigenvalue weighted by Gasteiger charge is 2.17. The number of nitrogens with zero attached hydrogens (tertiary/aromatic N) is 1. The van der Waals surface area contributed by atoms with Crippen molar-refractivity contribution in [2.45, 2.75) is 6.92 Å². The molecule has 4 nitrogen and oxygen atoms in total. The fraction of sp³-hybridized carbons (Fsp3) is 0.143. The molecule has 1 heterocycles. The molecular weight excluding hydrogens is 165 g/mol. The number of Topliss-reactive ketones (excluding diaryl/α,β-unsaturated/α-hetero) is 1. The van der Waals surface area contributed by atoms with Crippen LogP contribution in [0.3, 0.4) is 0 Å². The molecule has 0 spiro atoms. The molecular formula is C7H6FNO3. The number of halogens is 1. The largest absolute Gasteiger partial charge is 0.504 e. The van der Waals surface area contributed by atoms with E-state index in [2.05, 4.69) is 4.98 Å². The molecule has 0 aromatic carbocycles. The Morgan fingerprint density at radius 3 is 2.58 bits per heavy atom. The molecule has 0 atom stereocenters. The van der Waals surface area contributed by atoms with Crippen molar-refractivity contribution in [2.75, 3.05) is 0 Å². The maximum atomic E-state index is 12.5. The van der Waals surface area contributed by atoms with Gasteiger partial charge in [0, 0.05) is 0 Å². The Bertz CT molecular complexity index is 338.